The van der Waals surface area contributed by atoms with E-state index in [1.165, 1.54) is 11.8 Å². The Kier molecular flexibility index (Phi) is 3.55. The number of hydrogen-bond donors (Lipinski definition) is 2. The van der Waals surface area contributed by atoms with Gasteiger partial charge in [-0.2, -0.15) is 0 Å². The van der Waals surface area contributed by atoms with Crippen LogP contribution < -0.4 is 10.9 Å². The molecular weight excluding hydrogens is 286 g/mol. The van der Waals surface area contributed by atoms with E-state index in [1.807, 2.05) is 37.4 Å². The zero-order valence-electron chi connectivity index (χ0n) is 11.8. The number of nitrogens with zero attached hydrogens (tertiary/aromatic N) is 1. The van der Waals surface area contributed by atoms with Crippen molar-refractivity contribution >= 4 is 23.5 Å². The first-order chi connectivity index (χ1) is 10.1. The molecule has 0 saturated heterocycles. The zero-order chi connectivity index (χ0) is 15.0. The van der Waals surface area contributed by atoms with Gasteiger partial charge >= 0.3 is 0 Å². The van der Waals surface area contributed by atoms with Gasteiger partial charge < -0.3 is 10.3 Å². The summed E-state index contributed by atoms with van der Waals surface area (Å²) in [5, 5.41) is 3.22. The molecule has 0 spiro atoms. The summed E-state index contributed by atoms with van der Waals surface area (Å²) < 4.78 is 0. The monoisotopic (exact) mass is 301 g/mol. The molecule has 0 fully saturated rings. The van der Waals surface area contributed by atoms with Crippen molar-refractivity contribution in [3.63, 3.8) is 0 Å². The highest BCUT2D eigenvalue weighted by Crippen LogP contribution is 2.35. The quantitative estimate of drug-likeness (QED) is 0.659. The van der Waals surface area contributed by atoms with E-state index in [2.05, 4.69) is 15.3 Å². The molecule has 0 radical (unpaired) electrons. The first kappa shape index (κ1) is 13.9. The number of anilines is 1. The minimum atomic E-state index is -0.248. The van der Waals surface area contributed by atoms with Gasteiger partial charge in [-0.25, -0.2) is 4.98 Å². The van der Waals surface area contributed by atoms with Gasteiger partial charge in [0.05, 0.1) is 5.56 Å². The van der Waals surface area contributed by atoms with E-state index in [4.69, 9.17) is 0 Å². The Morgan fingerprint density at radius 1 is 1.29 bits per heavy atom. The lowest BCUT2D eigenvalue weighted by Gasteiger charge is -2.25. The highest BCUT2D eigenvalue weighted by atomic mass is 32.2. The number of fused-ring (bicyclic) bond motifs is 1. The Morgan fingerprint density at radius 2 is 2.05 bits per heavy atom. The fraction of sp³-hybridized carbons (Fsp3) is 0.267. The molecule has 2 aromatic rings. The van der Waals surface area contributed by atoms with Crippen LogP contribution in [-0.4, -0.2) is 22.1 Å². The van der Waals surface area contributed by atoms with Gasteiger partial charge in [-0.05, 0) is 24.3 Å². The molecule has 0 saturated carbocycles. The number of aryl methyl sites for hydroxylation is 1. The summed E-state index contributed by atoms with van der Waals surface area (Å²) in [7, 11) is 0. The summed E-state index contributed by atoms with van der Waals surface area (Å²) in [4.78, 5) is 31.4. The van der Waals surface area contributed by atoms with Gasteiger partial charge in [0.25, 0.3) is 5.56 Å². The van der Waals surface area contributed by atoms with Crippen molar-refractivity contribution in [2.45, 2.75) is 24.4 Å². The maximum atomic E-state index is 12.4. The van der Waals surface area contributed by atoms with Crippen molar-refractivity contribution in [2.75, 3.05) is 11.6 Å². The van der Waals surface area contributed by atoms with E-state index >= 15 is 0 Å². The lowest BCUT2D eigenvalue weighted by molar-refractivity contribution is -0.116. The van der Waals surface area contributed by atoms with Crippen molar-refractivity contribution in [2.24, 2.45) is 0 Å². The smallest absolute Gasteiger partial charge is 0.257 e. The summed E-state index contributed by atoms with van der Waals surface area (Å²) >= 11 is 1.34. The molecule has 2 N–H and O–H groups in total. The molecule has 5 nitrogen and oxygen atoms in total. The van der Waals surface area contributed by atoms with Crippen molar-refractivity contribution in [1.82, 2.24) is 9.97 Å². The average Bonchev–Trinajstić information content (AvgIpc) is 2.46. The molecule has 0 bridgehead atoms. The van der Waals surface area contributed by atoms with E-state index < -0.39 is 0 Å². The maximum Gasteiger partial charge on any atom is 0.257 e. The van der Waals surface area contributed by atoms with Gasteiger partial charge in [0, 0.05) is 12.3 Å². The van der Waals surface area contributed by atoms with E-state index in [0.29, 0.717) is 16.5 Å². The number of benzene rings is 1. The van der Waals surface area contributed by atoms with Crippen LogP contribution in [0, 0.1) is 6.92 Å². The van der Waals surface area contributed by atoms with Crippen LogP contribution in [0.2, 0.25) is 0 Å². The van der Waals surface area contributed by atoms with Gasteiger partial charge in [0.15, 0.2) is 5.16 Å². The Morgan fingerprint density at radius 3 is 2.76 bits per heavy atom. The van der Waals surface area contributed by atoms with Crippen molar-refractivity contribution in [3.05, 3.63) is 51.3 Å². The summed E-state index contributed by atoms with van der Waals surface area (Å²) in [6, 6.07) is 7.82. The summed E-state index contributed by atoms with van der Waals surface area (Å²) in [5.74, 6) is 0.0237. The van der Waals surface area contributed by atoms with Crippen LogP contribution in [0.15, 0.2) is 34.2 Å². The number of hydrogen-bond acceptors (Lipinski definition) is 4. The standard InChI is InChI=1S/C15H15N3O2S/c1-8-5-3-4-6-9(8)10-7-11(19)16-13-12(10)14(20)18-15(17-13)21-2/h3-6,10H,7H2,1-2H3,(H2,16,17,18,19,20)/t10-/m0/s1. The third kappa shape index (κ3) is 2.47. The van der Waals surface area contributed by atoms with Crippen LogP contribution in [0.25, 0.3) is 0 Å². The van der Waals surface area contributed by atoms with E-state index in [-0.39, 0.29) is 23.8 Å². The molecule has 1 aromatic carbocycles. The number of rotatable bonds is 2. The number of nitrogens with one attached hydrogen (secondary N) is 2. The number of carbonyl (C=O) groups excluding carboxylic acids is 1. The molecule has 2 heterocycles. The number of aromatic amines is 1. The Labute approximate surface area is 126 Å². The molecular formula is C15H15N3O2S. The SMILES string of the molecule is CSc1nc2c(c(=O)[nH]1)[C@H](c1ccccc1C)CC(=O)N2. The summed E-state index contributed by atoms with van der Waals surface area (Å²) in [5.41, 5.74) is 2.42. The zero-order valence-corrected chi connectivity index (χ0v) is 12.6. The van der Waals surface area contributed by atoms with Gasteiger partial charge in [0.2, 0.25) is 5.91 Å². The number of H-pyrrole nitrogens is 1. The van der Waals surface area contributed by atoms with Crippen molar-refractivity contribution in [1.29, 1.82) is 0 Å². The average molecular weight is 301 g/mol. The molecule has 1 aliphatic rings. The lowest BCUT2D eigenvalue weighted by atomic mass is 9.84. The Balaban J connectivity index is 2.21. The van der Waals surface area contributed by atoms with Crippen LogP contribution in [-0.2, 0) is 4.79 Å². The number of amides is 1. The summed E-state index contributed by atoms with van der Waals surface area (Å²) in [6.07, 6.45) is 2.09. The maximum absolute atomic E-state index is 12.4. The van der Waals surface area contributed by atoms with Gasteiger partial charge in [0.1, 0.15) is 5.82 Å². The Hall–Kier alpha value is -2.08. The molecule has 3 rings (SSSR count). The van der Waals surface area contributed by atoms with Gasteiger partial charge in [-0.15, -0.1) is 0 Å². The molecule has 1 amide bonds. The largest absolute Gasteiger partial charge is 0.310 e. The predicted molar refractivity (Wildman–Crippen MR) is 82.9 cm³/mol. The molecule has 21 heavy (non-hydrogen) atoms. The van der Waals surface area contributed by atoms with Crippen LogP contribution in [0.5, 0.6) is 0 Å². The second-order valence-electron chi connectivity index (χ2n) is 5.00. The second kappa shape index (κ2) is 5.37. The Bertz CT molecular complexity index is 770. The molecule has 0 aliphatic carbocycles. The van der Waals surface area contributed by atoms with E-state index in [0.717, 1.165) is 11.1 Å². The minimum absolute atomic E-state index is 0.110. The predicted octanol–water partition coefficient (Wildman–Crippen LogP) is 2.27. The number of thioether (sulfide) groups is 1. The van der Waals surface area contributed by atoms with Crippen LogP contribution in [0.4, 0.5) is 5.82 Å². The van der Waals surface area contributed by atoms with E-state index in [9.17, 15) is 9.59 Å². The third-order valence-electron chi connectivity index (χ3n) is 3.69. The molecule has 108 valence electrons. The highest BCUT2D eigenvalue weighted by Gasteiger charge is 2.31. The molecule has 1 aliphatic heterocycles. The second-order valence-corrected chi connectivity index (χ2v) is 5.79. The first-order valence-corrected chi connectivity index (χ1v) is 7.86. The van der Waals surface area contributed by atoms with Crippen LogP contribution >= 0.6 is 11.8 Å². The minimum Gasteiger partial charge on any atom is -0.310 e. The highest BCUT2D eigenvalue weighted by molar-refractivity contribution is 7.98. The van der Waals surface area contributed by atoms with Gasteiger partial charge in [-0.3, -0.25) is 9.59 Å². The molecule has 1 aromatic heterocycles. The first-order valence-electron chi connectivity index (χ1n) is 6.63. The fourth-order valence-electron chi connectivity index (χ4n) is 2.69. The van der Waals surface area contributed by atoms with Crippen LogP contribution in [0.1, 0.15) is 29.0 Å². The molecule has 0 unspecified atom stereocenters. The van der Waals surface area contributed by atoms with Crippen molar-refractivity contribution in [3.8, 4) is 0 Å². The van der Waals surface area contributed by atoms with Crippen LogP contribution in [0.3, 0.4) is 0 Å². The molecule has 6 heteroatoms. The molecule has 1 atom stereocenters. The fourth-order valence-corrected chi connectivity index (χ4v) is 3.07. The summed E-state index contributed by atoms with van der Waals surface area (Å²) in [6.45, 7) is 1.99. The third-order valence-corrected chi connectivity index (χ3v) is 4.27. The number of aromatic nitrogens is 2. The van der Waals surface area contributed by atoms with E-state index in [1.54, 1.807) is 0 Å². The topological polar surface area (TPSA) is 74.8 Å². The van der Waals surface area contributed by atoms with Gasteiger partial charge in [-0.1, -0.05) is 36.0 Å². The van der Waals surface area contributed by atoms with Crippen molar-refractivity contribution < 1.29 is 4.79 Å². The lowest BCUT2D eigenvalue weighted by Crippen LogP contribution is -2.31. The number of carbonyl (C=O) groups is 1. The normalized spacial score (nSPS) is 17.2.